The molecule has 0 aromatic carbocycles. The number of rotatable bonds is 10. The molecule has 0 amide bonds. The van der Waals surface area contributed by atoms with Gasteiger partial charge < -0.3 is 10.1 Å². The van der Waals surface area contributed by atoms with Crippen LogP contribution in [0.15, 0.2) is 0 Å². The largest absolute Gasteiger partial charge is 0.381 e. The molecular formula is C16H33NO. The number of ether oxygens (including phenoxy) is 1. The SMILES string of the molecule is CCCCCCCCCNC(C)C1CCOCC1. The number of hydrogen-bond acceptors (Lipinski definition) is 2. The van der Waals surface area contributed by atoms with Crippen LogP contribution >= 0.6 is 0 Å². The molecule has 0 saturated carbocycles. The molecule has 2 heteroatoms. The lowest BCUT2D eigenvalue weighted by Gasteiger charge is -2.28. The van der Waals surface area contributed by atoms with E-state index in [0.29, 0.717) is 6.04 Å². The van der Waals surface area contributed by atoms with Gasteiger partial charge in [-0.1, -0.05) is 45.4 Å². The van der Waals surface area contributed by atoms with Crippen LogP contribution in [0.4, 0.5) is 0 Å². The van der Waals surface area contributed by atoms with E-state index in [-0.39, 0.29) is 0 Å². The molecule has 18 heavy (non-hydrogen) atoms. The van der Waals surface area contributed by atoms with Crippen LogP contribution in [0.3, 0.4) is 0 Å². The predicted octanol–water partition coefficient (Wildman–Crippen LogP) is 4.14. The van der Waals surface area contributed by atoms with E-state index in [1.807, 2.05) is 0 Å². The molecule has 1 atom stereocenters. The summed E-state index contributed by atoms with van der Waals surface area (Å²) in [5.41, 5.74) is 0. The average molecular weight is 255 g/mol. The zero-order valence-electron chi connectivity index (χ0n) is 12.5. The third kappa shape index (κ3) is 7.38. The maximum absolute atomic E-state index is 5.41. The van der Waals surface area contributed by atoms with Gasteiger partial charge >= 0.3 is 0 Å². The molecule has 0 aromatic rings. The Hall–Kier alpha value is -0.0800. The zero-order chi connectivity index (χ0) is 13.1. The molecule has 1 saturated heterocycles. The Morgan fingerprint density at radius 3 is 2.28 bits per heavy atom. The molecule has 1 heterocycles. The molecule has 1 fully saturated rings. The third-order valence-corrected chi connectivity index (χ3v) is 4.22. The molecule has 2 nitrogen and oxygen atoms in total. The first-order chi connectivity index (χ1) is 8.84. The van der Waals surface area contributed by atoms with Crippen molar-refractivity contribution in [3.63, 3.8) is 0 Å². The van der Waals surface area contributed by atoms with Gasteiger partial charge in [0.1, 0.15) is 0 Å². The second-order valence-electron chi connectivity index (χ2n) is 5.81. The monoisotopic (exact) mass is 255 g/mol. The molecule has 0 aromatic heterocycles. The van der Waals surface area contributed by atoms with Gasteiger partial charge in [0.15, 0.2) is 0 Å². The highest BCUT2D eigenvalue weighted by Gasteiger charge is 2.19. The van der Waals surface area contributed by atoms with E-state index >= 15 is 0 Å². The quantitative estimate of drug-likeness (QED) is 0.592. The molecule has 108 valence electrons. The Morgan fingerprint density at radius 2 is 1.61 bits per heavy atom. The van der Waals surface area contributed by atoms with Gasteiger partial charge in [0, 0.05) is 19.3 Å². The second kappa shape index (κ2) is 10.8. The summed E-state index contributed by atoms with van der Waals surface area (Å²) in [5, 5.41) is 3.70. The highest BCUT2D eigenvalue weighted by Crippen LogP contribution is 2.18. The lowest BCUT2D eigenvalue weighted by atomic mass is 9.93. The number of unbranched alkanes of at least 4 members (excludes halogenated alkanes) is 6. The van der Waals surface area contributed by atoms with E-state index in [9.17, 15) is 0 Å². The fraction of sp³-hybridized carbons (Fsp3) is 1.00. The maximum atomic E-state index is 5.41. The van der Waals surface area contributed by atoms with Gasteiger partial charge in [0.2, 0.25) is 0 Å². The molecule has 0 spiro atoms. The summed E-state index contributed by atoms with van der Waals surface area (Å²) < 4.78 is 5.41. The van der Waals surface area contributed by atoms with Crippen LogP contribution in [0.25, 0.3) is 0 Å². The minimum atomic E-state index is 0.675. The number of hydrogen-bond donors (Lipinski definition) is 1. The highest BCUT2D eigenvalue weighted by atomic mass is 16.5. The summed E-state index contributed by atoms with van der Waals surface area (Å²) in [4.78, 5) is 0. The Morgan fingerprint density at radius 1 is 1.00 bits per heavy atom. The maximum Gasteiger partial charge on any atom is 0.0469 e. The molecule has 1 N–H and O–H groups in total. The van der Waals surface area contributed by atoms with Crippen molar-refractivity contribution < 1.29 is 4.74 Å². The van der Waals surface area contributed by atoms with Crippen molar-refractivity contribution in [1.82, 2.24) is 5.32 Å². The van der Waals surface area contributed by atoms with Crippen LogP contribution in [0.5, 0.6) is 0 Å². The van der Waals surface area contributed by atoms with E-state index in [1.165, 1.54) is 64.3 Å². The van der Waals surface area contributed by atoms with E-state index in [1.54, 1.807) is 0 Å². The molecular weight excluding hydrogens is 222 g/mol. The van der Waals surface area contributed by atoms with Crippen LogP contribution in [-0.2, 0) is 4.74 Å². The molecule has 1 aliphatic heterocycles. The highest BCUT2D eigenvalue weighted by molar-refractivity contribution is 4.74. The van der Waals surface area contributed by atoms with Crippen molar-refractivity contribution >= 4 is 0 Å². The van der Waals surface area contributed by atoms with Crippen LogP contribution in [-0.4, -0.2) is 25.8 Å². The van der Waals surface area contributed by atoms with Gasteiger partial charge in [-0.25, -0.2) is 0 Å². The fourth-order valence-corrected chi connectivity index (χ4v) is 2.79. The van der Waals surface area contributed by atoms with E-state index in [0.717, 1.165) is 19.1 Å². The Bertz CT molecular complexity index is 178. The molecule has 1 aliphatic rings. The van der Waals surface area contributed by atoms with Gasteiger partial charge in [0.25, 0.3) is 0 Å². The molecule has 1 rings (SSSR count). The van der Waals surface area contributed by atoms with Crippen molar-refractivity contribution in [3.8, 4) is 0 Å². The lowest BCUT2D eigenvalue weighted by molar-refractivity contribution is 0.0560. The third-order valence-electron chi connectivity index (χ3n) is 4.22. The van der Waals surface area contributed by atoms with Gasteiger partial charge in [-0.15, -0.1) is 0 Å². The first kappa shape index (κ1) is 16.0. The van der Waals surface area contributed by atoms with Crippen molar-refractivity contribution in [3.05, 3.63) is 0 Å². The van der Waals surface area contributed by atoms with Crippen LogP contribution < -0.4 is 5.32 Å². The van der Waals surface area contributed by atoms with Crippen LogP contribution in [0.2, 0.25) is 0 Å². The predicted molar refractivity (Wildman–Crippen MR) is 79.0 cm³/mol. The Balaban J connectivity index is 1.87. The first-order valence-electron chi connectivity index (χ1n) is 8.15. The Kier molecular flexibility index (Phi) is 9.59. The normalized spacial score (nSPS) is 19.0. The Labute approximate surface area is 114 Å². The topological polar surface area (TPSA) is 21.3 Å². The summed E-state index contributed by atoms with van der Waals surface area (Å²) >= 11 is 0. The van der Waals surface area contributed by atoms with E-state index in [4.69, 9.17) is 4.74 Å². The van der Waals surface area contributed by atoms with Crippen LogP contribution in [0.1, 0.15) is 71.6 Å². The van der Waals surface area contributed by atoms with Gasteiger partial charge in [0.05, 0.1) is 0 Å². The van der Waals surface area contributed by atoms with Crippen molar-refractivity contribution in [2.24, 2.45) is 5.92 Å². The van der Waals surface area contributed by atoms with Gasteiger partial charge in [-0.2, -0.15) is 0 Å². The molecule has 0 bridgehead atoms. The molecule has 0 aliphatic carbocycles. The summed E-state index contributed by atoms with van der Waals surface area (Å²) in [7, 11) is 0. The average Bonchev–Trinajstić information content (AvgIpc) is 2.42. The zero-order valence-corrected chi connectivity index (χ0v) is 12.5. The summed E-state index contributed by atoms with van der Waals surface area (Å²) in [5.74, 6) is 0.836. The number of nitrogens with one attached hydrogen (secondary N) is 1. The summed E-state index contributed by atoms with van der Waals surface area (Å²) in [6, 6.07) is 0.675. The van der Waals surface area contributed by atoms with Crippen molar-refractivity contribution in [2.45, 2.75) is 77.7 Å². The van der Waals surface area contributed by atoms with E-state index < -0.39 is 0 Å². The smallest absolute Gasteiger partial charge is 0.0469 e. The second-order valence-corrected chi connectivity index (χ2v) is 5.81. The molecule has 1 unspecified atom stereocenters. The van der Waals surface area contributed by atoms with Crippen molar-refractivity contribution in [2.75, 3.05) is 19.8 Å². The molecule has 0 radical (unpaired) electrons. The lowest BCUT2D eigenvalue weighted by Crippen LogP contribution is -2.37. The fourth-order valence-electron chi connectivity index (χ4n) is 2.79. The van der Waals surface area contributed by atoms with Crippen LogP contribution in [0, 0.1) is 5.92 Å². The first-order valence-corrected chi connectivity index (χ1v) is 8.15. The summed E-state index contributed by atoms with van der Waals surface area (Å²) in [6.07, 6.45) is 12.3. The standard InChI is InChI=1S/C16H33NO/c1-3-4-5-6-7-8-9-12-17-15(2)16-10-13-18-14-11-16/h15-17H,3-14H2,1-2H3. The van der Waals surface area contributed by atoms with Gasteiger partial charge in [-0.05, 0) is 38.6 Å². The summed E-state index contributed by atoms with van der Waals surface area (Å²) in [6.45, 7) is 7.76. The van der Waals surface area contributed by atoms with E-state index in [2.05, 4.69) is 19.2 Å². The minimum Gasteiger partial charge on any atom is -0.381 e. The minimum absolute atomic E-state index is 0.675. The van der Waals surface area contributed by atoms with Crippen molar-refractivity contribution in [1.29, 1.82) is 0 Å². The van der Waals surface area contributed by atoms with Gasteiger partial charge in [-0.3, -0.25) is 0 Å².